The number of aromatic nitrogens is 2. The predicted molar refractivity (Wildman–Crippen MR) is 81.1 cm³/mol. The van der Waals surface area contributed by atoms with Crippen molar-refractivity contribution in [2.75, 3.05) is 6.54 Å². The summed E-state index contributed by atoms with van der Waals surface area (Å²) in [6.07, 6.45) is 3.40. The van der Waals surface area contributed by atoms with Gasteiger partial charge in [-0.3, -0.25) is 4.68 Å². The normalized spacial score (nSPS) is 10.2. The van der Waals surface area contributed by atoms with Crippen molar-refractivity contribution in [2.24, 2.45) is 0 Å². The Morgan fingerprint density at radius 2 is 2.05 bits per heavy atom. The Labute approximate surface area is 122 Å². The van der Waals surface area contributed by atoms with Gasteiger partial charge in [-0.25, -0.2) is 0 Å². The second kappa shape index (κ2) is 7.11. The molecule has 0 saturated carbocycles. The lowest BCUT2D eigenvalue weighted by atomic mass is 10.2. The van der Waals surface area contributed by atoms with Gasteiger partial charge in [-0.05, 0) is 17.8 Å². The Bertz CT molecular complexity index is 526. The van der Waals surface area contributed by atoms with Gasteiger partial charge in [0.05, 0.1) is 17.8 Å². The van der Waals surface area contributed by atoms with Crippen LogP contribution in [0.1, 0.15) is 5.56 Å². The van der Waals surface area contributed by atoms with Gasteiger partial charge in [0, 0.05) is 19.3 Å². The molecule has 1 heterocycles. The lowest BCUT2D eigenvalue weighted by molar-refractivity contribution is 0.600. The molecule has 1 aromatic carbocycles. The molecule has 0 aliphatic rings. The molecule has 0 saturated heterocycles. The van der Waals surface area contributed by atoms with Crippen LogP contribution in [-0.2, 0) is 13.1 Å². The molecule has 2 N–H and O–H groups in total. The second-order valence-electron chi connectivity index (χ2n) is 4.02. The number of nitrogens with zero attached hydrogens (tertiary/aromatic N) is 2. The summed E-state index contributed by atoms with van der Waals surface area (Å²) in [6.45, 7) is 2.15. The minimum atomic E-state index is 0.641. The fraction of sp³-hybridized carbons (Fsp3) is 0.231. The van der Waals surface area contributed by atoms with Crippen LogP contribution in [0.5, 0.6) is 0 Å². The summed E-state index contributed by atoms with van der Waals surface area (Å²) in [6, 6.07) is 10.1. The molecule has 0 atom stereocenters. The molecule has 0 radical (unpaired) electrons. The Morgan fingerprint density at radius 1 is 1.26 bits per heavy atom. The van der Waals surface area contributed by atoms with Crippen LogP contribution in [0.2, 0.25) is 5.02 Å². The number of hydrogen-bond acceptors (Lipinski definition) is 2. The first-order valence-electron chi connectivity index (χ1n) is 5.97. The van der Waals surface area contributed by atoms with E-state index in [1.165, 1.54) is 5.56 Å². The zero-order valence-electron chi connectivity index (χ0n) is 10.3. The maximum Gasteiger partial charge on any atom is 0.166 e. The molecule has 0 bridgehead atoms. The van der Waals surface area contributed by atoms with E-state index in [-0.39, 0.29) is 0 Å². The van der Waals surface area contributed by atoms with Crippen molar-refractivity contribution in [2.45, 2.75) is 13.1 Å². The van der Waals surface area contributed by atoms with Gasteiger partial charge in [0.25, 0.3) is 0 Å². The van der Waals surface area contributed by atoms with E-state index in [1.807, 2.05) is 18.2 Å². The minimum Gasteiger partial charge on any atom is -0.361 e. The fourth-order valence-electron chi connectivity index (χ4n) is 1.59. The maximum atomic E-state index is 5.78. The van der Waals surface area contributed by atoms with Gasteiger partial charge in [-0.15, -0.1) is 0 Å². The van der Waals surface area contributed by atoms with Crippen LogP contribution in [0, 0.1) is 0 Å². The third-order valence-electron chi connectivity index (χ3n) is 2.52. The number of rotatable bonds is 5. The van der Waals surface area contributed by atoms with Gasteiger partial charge in [0.2, 0.25) is 0 Å². The van der Waals surface area contributed by atoms with Gasteiger partial charge in [-0.1, -0.05) is 41.9 Å². The van der Waals surface area contributed by atoms with Crippen molar-refractivity contribution in [3.63, 3.8) is 0 Å². The van der Waals surface area contributed by atoms with Crippen LogP contribution >= 0.6 is 23.8 Å². The Hall–Kier alpha value is -1.59. The molecule has 0 amide bonds. The van der Waals surface area contributed by atoms with E-state index in [0.29, 0.717) is 16.7 Å². The molecule has 0 spiro atoms. The molecule has 0 aliphatic heterocycles. The third kappa shape index (κ3) is 4.89. The van der Waals surface area contributed by atoms with Crippen molar-refractivity contribution >= 4 is 28.9 Å². The average molecular weight is 295 g/mol. The predicted octanol–water partition coefficient (Wildman–Crippen LogP) is 2.20. The highest BCUT2D eigenvalue weighted by Crippen LogP contribution is 2.03. The van der Waals surface area contributed by atoms with Crippen LogP contribution in [0.15, 0.2) is 42.7 Å². The lowest BCUT2D eigenvalue weighted by Gasteiger charge is -2.10. The third-order valence-corrected chi connectivity index (χ3v) is 3.01. The quantitative estimate of drug-likeness (QED) is 0.830. The number of benzene rings is 1. The SMILES string of the molecule is S=C(NCCn1cc(Cl)cn1)NCc1ccccc1. The first kappa shape index (κ1) is 13.8. The molecule has 1 aromatic heterocycles. The average Bonchev–Trinajstić information content (AvgIpc) is 2.83. The van der Waals surface area contributed by atoms with Crippen molar-refractivity contribution in [3.8, 4) is 0 Å². The molecule has 2 rings (SSSR count). The van der Waals surface area contributed by atoms with Crippen molar-refractivity contribution in [3.05, 3.63) is 53.3 Å². The van der Waals surface area contributed by atoms with E-state index in [9.17, 15) is 0 Å². The molecule has 100 valence electrons. The largest absolute Gasteiger partial charge is 0.361 e. The summed E-state index contributed by atoms with van der Waals surface area (Å²) in [5.41, 5.74) is 1.20. The molecule has 0 aliphatic carbocycles. The van der Waals surface area contributed by atoms with E-state index in [4.69, 9.17) is 23.8 Å². The molecule has 6 heteroatoms. The van der Waals surface area contributed by atoms with Crippen LogP contribution in [0.4, 0.5) is 0 Å². The number of halogens is 1. The summed E-state index contributed by atoms with van der Waals surface area (Å²) in [5.74, 6) is 0. The molecule has 4 nitrogen and oxygen atoms in total. The minimum absolute atomic E-state index is 0.641. The van der Waals surface area contributed by atoms with Crippen LogP contribution in [-0.4, -0.2) is 21.4 Å². The molecular formula is C13H15ClN4S. The molecule has 0 unspecified atom stereocenters. The molecule has 19 heavy (non-hydrogen) atoms. The molecule has 0 fully saturated rings. The smallest absolute Gasteiger partial charge is 0.166 e. The van der Waals surface area contributed by atoms with Crippen LogP contribution < -0.4 is 10.6 Å². The Morgan fingerprint density at radius 3 is 2.74 bits per heavy atom. The van der Waals surface area contributed by atoms with Gasteiger partial charge >= 0.3 is 0 Å². The number of hydrogen-bond donors (Lipinski definition) is 2. The van der Waals surface area contributed by atoms with Crippen LogP contribution in [0.25, 0.3) is 0 Å². The summed E-state index contributed by atoms with van der Waals surface area (Å²) >= 11 is 11.0. The summed E-state index contributed by atoms with van der Waals surface area (Å²) in [7, 11) is 0. The van der Waals surface area contributed by atoms with Gasteiger partial charge < -0.3 is 10.6 Å². The van der Waals surface area contributed by atoms with Gasteiger partial charge in [0.1, 0.15) is 0 Å². The van der Waals surface area contributed by atoms with Gasteiger partial charge in [-0.2, -0.15) is 5.10 Å². The monoisotopic (exact) mass is 294 g/mol. The first-order valence-corrected chi connectivity index (χ1v) is 6.76. The Balaban J connectivity index is 1.65. The van der Waals surface area contributed by atoms with Crippen molar-refractivity contribution < 1.29 is 0 Å². The van der Waals surface area contributed by atoms with E-state index >= 15 is 0 Å². The molecule has 2 aromatic rings. The summed E-state index contributed by atoms with van der Waals surface area (Å²) in [4.78, 5) is 0. The highest BCUT2D eigenvalue weighted by atomic mass is 35.5. The zero-order valence-corrected chi connectivity index (χ0v) is 11.9. The van der Waals surface area contributed by atoms with Crippen molar-refractivity contribution in [1.29, 1.82) is 0 Å². The van der Waals surface area contributed by atoms with E-state index < -0.39 is 0 Å². The number of nitrogens with one attached hydrogen (secondary N) is 2. The van der Waals surface area contributed by atoms with Crippen LogP contribution in [0.3, 0.4) is 0 Å². The topological polar surface area (TPSA) is 41.9 Å². The number of thiocarbonyl (C=S) groups is 1. The fourth-order valence-corrected chi connectivity index (χ4v) is 1.92. The van der Waals surface area contributed by atoms with E-state index in [2.05, 4.69) is 27.9 Å². The first-order chi connectivity index (χ1) is 9.24. The maximum absolute atomic E-state index is 5.78. The van der Waals surface area contributed by atoms with Gasteiger partial charge in [0.15, 0.2) is 5.11 Å². The summed E-state index contributed by atoms with van der Waals surface area (Å²) in [5, 5.41) is 11.7. The standard InChI is InChI=1S/C13H15ClN4S/c14-12-9-17-18(10-12)7-6-15-13(19)16-8-11-4-2-1-3-5-11/h1-5,9-10H,6-8H2,(H2,15,16,19). The molecular weight excluding hydrogens is 280 g/mol. The summed E-state index contributed by atoms with van der Waals surface area (Å²) < 4.78 is 1.77. The highest BCUT2D eigenvalue weighted by Gasteiger charge is 1.98. The van der Waals surface area contributed by atoms with Crippen molar-refractivity contribution in [1.82, 2.24) is 20.4 Å². The van der Waals surface area contributed by atoms with E-state index in [0.717, 1.165) is 13.1 Å². The van der Waals surface area contributed by atoms with E-state index in [1.54, 1.807) is 17.1 Å². The Kier molecular flexibility index (Phi) is 5.18. The zero-order chi connectivity index (χ0) is 13.5. The highest BCUT2D eigenvalue weighted by molar-refractivity contribution is 7.80. The second-order valence-corrected chi connectivity index (χ2v) is 4.86. The lowest BCUT2D eigenvalue weighted by Crippen LogP contribution is -2.36.